The Morgan fingerprint density at radius 2 is 1.91 bits per heavy atom. The van der Waals surface area contributed by atoms with Crippen LogP contribution in [-0.4, -0.2) is 31.8 Å². The second-order valence-corrected chi connectivity index (χ2v) is 8.13. The van der Waals surface area contributed by atoms with Crippen LogP contribution in [0.5, 0.6) is 0 Å². The summed E-state index contributed by atoms with van der Waals surface area (Å²) in [6.45, 7) is 2.82. The van der Waals surface area contributed by atoms with Gasteiger partial charge in [0.15, 0.2) is 0 Å². The molecule has 5 rings (SSSR count). The lowest BCUT2D eigenvalue weighted by molar-refractivity contribution is 0.306. The molecule has 0 atom stereocenters. The molecule has 1 aliphatic rings. The highest BCUT2D eigenvalue weighted by Crippen LogP contribution is 2.31. The smallest absolute Gasteiger partial charge is 0.268 e. The highest BCUT2D eigenvalue weighted by molar-refractivity contribution is 5.62. The molecule has 4 aromatic rings. The van der Waals surface area contributed by atoms with Gasteiger partial charge in [0.05, 0.1) is 18.1 Å². The van der Waals surface area contributed by atoms with Crippen LogP contribution >= 0.6 is 0 Å². The van der Waals surface area contributed by atoms with E-state index in [0.29, 0.717) is 23.2 Å². The van der Waals surface area contributed by atoms with Crippen molar-refractivity contribution < 1.29 is 4.42 Å². The number of nitrogens with one attached hydrogen (secondary N) is 1. The van der Waals surface area contributed by atoms with Gasteiger partial charge in [0.2, 0.25) is 5.89 Å². The minimum atomic E-state index is 0.0141. The van der Waals surface area contributed by atoms with Gasteiger partial charge in [0, 0.05) is 36.0 Å². The molecule has 1 saturated carbocycles. The monoisotopic (exact) mass is 428 g/mol. The standard InChI is InChI=1S/C24H24N6O2/c1-15-10-16(11-25-2)6-8-19(15)23-28-29-24(32-23)21-13-26-12-20(27-21)17-7-9-22(31)30(14-17)18-4-3-5-18/h6-10,12-14,18,25H,3-5,11H2,1-2H3. The van der Waals surface area contributed by atoms with Gasteiger partial charge >= 0.3 is 0 Å². The first-order chi connectivity index (χ1) is 15.6. The molecule has 3 aromatic heterocycles. The van der Waals surface area contributed by atoms with Gasteiger partial charge in [-0.15, -0.1) is 10.2 Å². The van der Waals surface area contributed by atoms with Crippen LogP contribution in [0, 0.1) is 6.92 Å². The van der Waals surface area contributed by atoms with Crippen LogP contribution in [0.15, 0.2) is 58.1 Å². The van der Waals surface area contributed by atoms with Crippen LogP contribution in [0.2, 0.25) is 0 Å². The van der Waals surface area contributed by atoms with Crippen molar-refractivity contribution in [2.45, 2.75) is 38.8 Å². The summed E-state index contributed by atoms with van der Waals surface area (Å²) in [5.74, 6) is 0.750. The molecule has 0 aliphatic heterocycles. The number of hydrogen-bond donors (Lipinski definition) is 1. The molecule has 0 bridgehead atoms. The second kappa shape index (κ2) is 8.47. The van der Waals surface area contributed by atoms with Gasteiger partial charge in [-0.3, -0.25) is 9.78 Å². The van der Waals surface area contributed by atoms with E-state index in [1.807, 2.05) is 32.3 Å². The van der Waals surface area contributed by atoms with E-state index in [1.165, 1.54) is 5.56 Å². The van der Waals surface area contributed by atoms with Crippen molar-refractivity contribution in [1.29, 1.82) is 0 Å². The summed E-state index contributed by atoms with van der Waals surface area (Å²) in [5.41, 5.74) is 5.14. The lowest BCUT2D eigenvalue weighted by Gasteiger charge is -2.27. The van der Waals surface area contributed by atoms with E-state index in [9.17, 15) is 4.79 Å². The fraction of sp³-hybridized carbons (Fsp3) is 0.292. The van der Waals surface area contributed by atoms with E-state index < -0.39 is 0 Å². The minimum absolute atomic E-state index is 0.0141. The molecule has 0 saturated heterocycles. The Hall–Kier alpha value is -3.65. The molecule has 32 heavy (non-hydrogen) atoms. The molecular weight excluding hydrogens is 404 g/mol. The Balaban J connectivity index is 1.45. The van der Waals surface area contributed by atoms with E-state index in [0.717, 1.165) is 42.5 Å². The van der Waals surface area contributed by atoms with Crippen LogP contribution in [0.1, 0.15) is 36.4 Å². The Morgan fingerprint density at radius 1 is 1.09 bits per heavy atom. The molecule has 1 aliphatic carbocycles. The first-order valence-corrected chi connectivity index (χ1v) is 10.8. The quantitative estimate of drug-likeness (QED) is 0.499. The third-order valence-electron chi connectivity index (χ3n) is 5.88. The molecule has 1 fully saturated rings. The Kier molecular flexibility index (Phi) is 5.36. The molecular formula is C24H24N6O2. The average molecular weight is 428 g/mol. The first-order valence-electron chi connectivity index (χ1n) is 10.8. The molecule has 8 heteroatoms. The van der Waals surface area contributed by atoms with E-state index in [1.54, 1.807) is 29.1 Å². The zero-order valence-corrected chi connectivity index (χ0v) is 18.1. The normalized spacial score (nSPS) is 13.8. The largest absolute Gasteiger partial charge is 0.415 e. The molecule has 0 amide bonds. The minimum Gasteiger partial charge on any atom is -0.415 e. The number of rotatable bonds is 6. The molecule has 1 N–H and O–H groups in total. The molecule has 162 valence electrons. The fourth-order valence-corrected chi connectivity index (χ4v) is 3.93. The number of hydrogen-bond acceptors (Lipinski definition) is 7. The highest BCUT2D eigenvalue weighted by atomic mass is 16.4. The topological polar surface area (TPSA) is 98.7 Å². The zero-order valence-electron chi connectivity index (χ0n) is 18.1. The summed E-state index contributed by atoms with van der Waals surface area (Å²) >= 11 is 0. The molecule has 1 aromatic carbocycles. The van der Waals surface area contributed by atoms with E-state index >= 15 is 0 Å². The van der Waals surface area contributed by atoms with Gasteiger partial charge in [-0.25, -0.2) is 4.98 Å². The third-order valence-corrected chi connectivity index (χ3v) is 5.88. The van der Waals surface area contributed by atoms with Crippen LogP contribution < -0.4 is 10.9 Å². The van der Waals surface area contributed by atoms with E-state index in [-0.39, 0.29) is 11.6 Å². The predicted octanol–water partition coefficient (Wildman–Crippen LogP) is 3.78. The van der Waals surface area contributed by atoms with Crippen molar-refractivity contribution >= 4 is 0 Å². The summed E-state index contributed by atoms with van der Waals surface area (Å²) in [4.78, 5) is 21.2. The van der Waals surface area contributed by atoms with Crippen molar-refractivity contribution in [2.75, 3.05) is 7.05 Å². The first kappa shape index (κ1) is 20.3. The van der Waals surface area contributed by atoms with Crippen LogP contribution in [-0.2, 0) is 6.54 Å². The zero-order chi connectivity index (χ0) is 22.1. The maximum atomic E-state index is 12.2. The Morgan fingerprint density at radius 3 is 2.66 bits per heavy atom. The van der Waals surface area contributed by atoms with Gasteiger partial charge in [-0.1, -0.05) is 12.1 Å². The number of pyridine rings is 1. The summed E-state index contributed by atoms with van der Waals surface area (Å²) in [7, 11) is 1.92. The van der Waals surface area contributed by atoms with Gasteiger partial charge in [0.25, 0.3) is 11.4 Å². The molecule has 0 unspecified atom stereocenters. The summed E-state index contributed by atoms with van der Waals surface area (Å²) in [5, 5.41) is 11.6. The Bertz CT molecular complexity index is 1320. The average Bonchev–Trinajstić information content (AvgIpc) is 3.24. The number of aryl methyl sites for hydroxylation is 1. The predicted molar refractivity (Wildman–Crippen MR) is 121 cm³/mol. The van der Waals surface area contributed by atoms with Gasteiger partial charge in [-0.05, 0) is 56.5 Å². The second-order valence-electron chi connectivity index (χ2n) is 8.13. The number of benzene rings is 1. The van der Waals surface area contributed by atoms with Crippen LogP contribution in [0.4, 0.5) is 0 Å². The lowest BCUT2D eigenvalue weighted by Crippen LogP contribution is -2.27. The number of aromatic nitrogens is 5. The van der Waals surface area contributed by atoms with E-state index in [4.69, 9.17) is 4.42 Å². The molecule has 0 spiro atoms. The van der Waals surface area contributed by atoms with Crippen molar-refractivity contribution in [3.8, 4) is 34.3 Å². The fourth-order valence-electron chi connectivity index (χ4n) is 3.93. The Labute approximate surface area is 185 Å². The number of nitrogens with zero attached hydrogens (tertiary/aromatic N) is 5. The summed E-state index contributed by atoms with van der Waals surface area (Å²) in [6, 6.07) is 9.78. The van der Waals surface area contributed by atoms with Crippen molar-refractivity contribution in [2.24, 2.45) is 0 Å². The van der Waals surface area contributed by atoms with Gasteiger partial charge in [-0.2, -0.15) is 0 Å². The summed E-state index contributed by atoms with van der Waals surface area (Å²) in [6.07, 6.45) is 8.38. The van der Waals surface area contributed by atoms with Crippen molar-refractivity contribution in [3.63, 3.8) is 0 Å². The molecule has 8 nitrogen and oxygen atoms in total. The highest BCUT2D eigenvalue weighted by Gasteiger charge is 2.21. The van der Waals surface area contributed by atoms with Crippen molar-refractivity contribution in [1.82, 2.24) is 30.0 Å². The SMILES string of the molecule is CNCc1ccc(-c2nnc(-c3cncc(-c4ccc(=O)n(C5CCC5)c4)n3)o2)c(C)c1. The third kappa shape index (κ3) is 3.85. The van der Waals surface area contributed by atoms with E-state index in [2.05, 4.69) is 31.5 Å². The summed E-state index contributed by atoms with van der Waals surface area (Å²) < 4.78 is 7.74. The van der Waals surface area contributed by atoms with Gasteiger partial charge in [0.1, 0.15) is 5.69 Å². The van der Waals surface area contributed by atoms with Crippen molar-refractivity contribution in [3.05, 3.63) is 70.4 Å². The maximum absolute atomic E-state index is 12.2. The van der Waals surface area contributed by atoms with Crippen LogP contribution in [0.25, 0.3) is 34.3 Å². The lowest BCUT2D eigenvalue weighted by atomic mass is 9.92. The van der Waals surface area contributed by atoms with Gasteiger partial charge < -0.3 is 14.3 Å². The maximum Gasteiger partial charge on any atom is 0.268 e. The van der Waals surface area contributed by atoms with Crippen LogP contribution in [0.3, 0.4) is 0 Å². The molecule has 3 heterocycles. The molecule has 0 radical (unpaired) electrons.